The van der Waals surface area contributed by atoms with Crippen LogP contribution in [0.5, 0.6) is 0 Å². The summed E-state index contributed by atoms with van der Waals surface area (Å²) in [5.74, 6) is -0.0164. The van der Waals surface area contributed by atoms with Crippen molar-refractivity contribution in [2.45, 2.75) is 39.7 Å². The quantitative estimate of drug-likeness (QED) is 0.516. The fraction of sp³-hybridized carbons (Fsp3) is 0.800. The molecule has 0 aliphatic heterocycles. The number of carbonyl (C=O) groups is 1. The normalized spacial score (nSPS) is 12.3. The van der Waals surface area contributed by atoms with Crippen LogP contribution in [0.4, 0.5) is 0 Å². The summed E-state index contributed by atoms with van der Waals surface area (Å²) < 4.78 is 0. The van der Waals surface area contributed by atoms with E-state index in [0.29, 0.717) is 12.3 Å². The molecule has 14 heavy (non-hydrogen) atoms. The average Bonchev–Trinajstić information content (AvgIpc) is 2.12. The first kappa shape index (κ1) is 13.0. The maximum Gasteiger partial charge on any atom is 0.273 e. The third-order valence-electron chi connectivity index (χ3n) is 1.80. The minimum atomic E-state index is -0.415. The molecule has 1 atom stereocenters. The molecule has 0 aromatic heterocycles. The van der Waals surface area contributed by atoms with E-state index in [0.717, 1.165) is 13.0 Å². The SMILES string of the molecule is CCCNC(CC(C)C)C(=O)N=C=O. The van der Waals surface area contributed by atoms with Gasteiger partial charge in [-0.2, -0.15) is 0 Å². The summed E-state index contributed by atoms with van der Waals surface area (Å²) in [5.41, 5.74) is 0. The Hall–Kier alpha value is -0.990. The van der Waals surface area contributed by atoms with Crippen LogP contribution < -0.4 is 5.32 Å². The zero-order chi connectivity index (χ0) is 11.0. The van der Waals surface area contributed by atoms with Crippen molar-refractivity contribution in [1.29, 1.82) is 0 Å². The number of carbonyl (C=O) groups excluding carboxylic acids is 2. The van der Waals surface area contributed by atoms with Gasteiger partial charge in [0.15, 0.2) is 0 Å². The van der Waals surface area contributed by atoms with E-state index >= 15 is 0 Å². The molecule has 0 saturated heterocycles. The van der Waals surface area contributed by atoms with Gasteiger partial charge in [-0.15, -0.1) is 4.99 Å². The minimum absolute atomic E-state index is 0.337. The van der Waals surface area contributed by atoms with Gasteiger partial charge in [-0.05, 0) is 25.3 Å². The Kier molecular flexibility index (Phi) is 6.89. The van der Waals surface area contributed by atoms with Crippen LogP contribution in [0.15, 0.2) is 4.99 Å². The zero-order valence-corrected chi connectivity index (χ0v) is 9.04. The summed E-state index contributed by atoms with van der Waals surface area (Å²) in [4.78, 5) is 24.4. The zero-order valence-electron chi connectivity index (χ0n) is 9.04. The highest BCUT2D eigenvalue weighted by Gasteiger charge is 2.17. The number of rotatable bonds is 6. The highest BCUT2D eigenvalue weighted by Crippen LogP contribution is 2.06. The average molecular weight is 198 g/mol. The van der Waals surface area contributed by atoms with Crippen LogP contribution in [0.1, 0.15) is 33.6 Å². The van der Waals surface area contributed by atoms with Crippen molar-refractivity contribution in [2.24, 2.45) is 10.9 Å². The van der Waals surface area contributed by atoms with E-state index in [2.05, 4.69) is 10.3 Å². The Balaban J connectivity index is 4.22. The molecule has 0 rings (SSSR count). The van der Waals surface area contributed by atoms with Crippen molar-refractivity contribution in [2.75, 3.05) is 6.54 Å². The highest BCUT2D eigenvalue weighted by atomic mass is 16.2. The molecule has 0 aliphatic carbocycles. The number of isocyanates is 1. The molecule has 0 saturated carbocycles. The smallest absolute Gasteiger partial charge is 0.273 e. The largest absolute Gasteiger partial charge is 0.306 e. The number of hydrogen-bond donors (Lipinski definition) is 1. The highest BCUT2D eigenvalue weighted by molar-refractivity contribution is 5.86. The van der Waals surface area contributed by atoms with Crippen molar-refractivity contribution >= 4 is 12.0 Å². The lowest BCUT2D eigenvalue weighted by molar-refractivity contribution is -0.120. The van der Waals surface area contributed by atoms with Gasteiger partial charge in [0, 0.05) is 0 Å². The van der Waals surface area contributed by atoms with Gasteiger partial charge in [-0.25, -0.2) is 4.79 Å². The second-order valence-corrected chi connectivity index (χ2v) is 3.68. The Labute approximate surface area is 84.8 Å². The van der Waals surface area contributed by atoms with Crippen molar-refractivity contribution < 1.29 is 9.59 Å². The fourth-order valence-electron chi connectivity index (χ4n) is 1.18. The summed E-state index contributed by atoms with van der Waals surface area (Å²) in [7, 11) is 0. The van der Waals surface area contributed by atoms with E-state index in [1.165, 1.54) is 6.08 Å². The first-order chi connectivity index (χ1) is 6.61. The third kappa shape index (κ3) is 5.62. The van der Waals surface area contributed by atoms with E-state index < -0.39 is 5.91 Å². The van der Waals surface area contributed by atoms with Crippen LogP contribution in [0.3, 0.4) is 0 Å². The molecule has 1 N–H and O–H groups in total. The monoisotopic (exact) mass is 198 g/mol. The van der Waals surface area contributed by atoms with Gasteiger partial charge in [0.05, 0.1) is 6.04 Å². The van der Waals surface area contributed by atoms with E-state index in [4.69, 9.17) is 0 Å². The molecular weight excluding hydrogens is 180 g/mol. The van der Waals surface area contributed by atoms with Gasteiger partial charge in [0.2, 0.25) is 6.08 Å². The van der Waals surface area contributed by atoms with Gasteiger partial charge in [-0.1, -0.05) is 20.8 Å². The number of aliphatic imine (C=N–C) groups is 1. The summed E-state index contributed by atoms with van der Waals surface area (Å²) in [6, 6.07) is -0.337. The summed E-state index contributed by atoms with van der Waals surface area (Å²) >= 11 is 0. The molecule has 0 bridgehead atoms. The summed E-state index contributed by atoms with van der Waals surface area (Å²) in [6.45, 7) is 6.83. The lowest BCUT2D eigenvalue weighted by Gasteiger charge is -2.15. The molecule has 0 heterocycles. The molecule has 0 spiro atoms. The first-order valence-electron chi connectivity index (χ1n) is 4.96. The van der Waals surface area contributed by atoms with Crippen LogP contribution >= 0.6 is 0 Å². The molecule has 4 nitrogen and oxygen atoms in total. The molecule has 0 radical (unpaired) electrons. The van der Waals surface area contributed by atoms with Gasteiger partial charge >= 0.3 is 0 Å². The van der Waals surface area contributed by atoms with E-state index in [1.54, 1.807) is 0 Å². The Bertz CT molecular complexity index is 220. The third-order valence-corrected chi connectivity index (χ3v) is 1.80. The van der Waals surface area contributed by atoms with Gasteiger partial charge in [-0.3, -0.25) is 4.79 Å². The Morgan fingerprint density at radius 3 is 2.57 bits per heavy atom. The van der Waals surface area contributed by atoms with E-state index in [-0.39, 0.29) is 6.04 Å². The van der Waals surface area contributed by atoms with Gasteiger partial charge in [0.25, 0.3) is 5.91 Å². The summed E-state index contributed by atoms with van der Waals surface area (Å²) in [6.07, 6.45) is 2.93. The number of amides is 1. The molecule has 0 fully saturated rings. The van der Waals surface area contributed by atoms with E-state index in [1.807, 2.05) is 20.8 Å². The standard InChI is InChI=1S/C10H18N2O2/c1-4-5-11-9(6-8(2)3)10(14)12-7-13/h8-9,11H,4-6H2,1-3H3. The molecule has 0 aliphatic rings. The molecule has 4 heteroatoms. The van der Waals surface area contributed by atoms with Crippen LogP contribution in [-0.4, -0.2) is 24.6 Å². The molecule has 0 aromatic carbocycles. The van der Waals surface area contributed by atoms with Gasteiger partial charge in [0.1, 0.15) is 0 Å². The minimum Gasteiger partial charge on any atom is -0.306 e. The molecule has 1 unspecified atom stereocenters. The maximum atomic E-state index is 11.3. The van der Waals surface area contributed by atoms with Crippen LogP contribution in [0.2, 0.25) is 0 Å². The second kappa shape index (κ2) is 7.42. The van der Waals surface area contributed by atoms with Crippen molar-refractivity contribution in [3.8, 4) is 0 Å². The molecule has 1 amide bonds. The molecular formula is C10H18N2O2. The first-order valence-corrected chi connectivity index (χ1v) is 4.96. The lowest BCUT2D eigenvalue weighted by Crippen LogP contribution is -2.37. The molecule has 0 aromatic rings. The van der Waals surface area contributed by atoms with Crippen LogP contribution in [0, 0.1) is 5.92 Å². The second-order valence-electron chi connectivity index (χ2n) is 3.68. The van der Waals surface area contributed by atoms with Crippen molar-refractivity contribution in [3.05, 3.63) is 0 Å². The fourth-order valence-corrected chi connectivity index (χ4v) is 1.18. The maximum absolute atomic E-state index is 11.3. The predicted molar refractivity (Wildman–Crippen MR) is 54.7 cm³/mol. The Morgan fingerprint density at radius 1 is 1.50 bits per heavy atom. The Morgan fingerprint density at radius 2 is 2.14 bits per heavy atom. The number of nitrogens with zero attached hydrogens (tertiary/aromatic N) is 1. The van der Waals surface area contributed by atoms with Crippen LogP contribution in [0.25, 0.3) is 0 Å². The van der Waals surface area contributed by atoms with E-state index in [9.17, 15) is 9.59 Å². The van der Waals surface area contributed by atoms with Gasteiger partial charge < -0.3 is 5.32 Å². The molecule has 80 valence electrons. The number of hydrogen-bond acceptors (Lipinski definition) is 3. The predicted octanol–water partition coefficient (Wildman–Crippen LogP) is 1.26. The van der Waals surface area contributed by atoms with Crippen molar-refractivity contribution in [3.63, 3.8) is 0 Å². The number of nitrogens with one attached hydrogen (secondary N) is 1. The van der Waals surface area contributed by atoms with Crippen molar-refractivity contribution in [1.82, 2.24) is 5.32 Å². The topological polar surface area (TPSA) is 58.5 Å². The summed E-state index contributed by atoms with van der Waals surface area (Å²) in [5, 5.41) is 3.06. The lowest BCUT2D eigenvalue weighted by atomic mass is 10.0. The van der Waals surface area contributed by atoms with Crippen LogP contribution in [-0.2, 0) is 9.59 Å².